The van der Waals surface area contributed by atoms with Crippen LogP contribution in [-0.4, -0.2) is 16.6 Å². The second kappa shape index (κ2) is 5.48. The van der Waals surface area contributed by atoms with Crippen LogP contribution in [0.1, 0.15) is 5.69 Å². The number of hydrogen-bond acceptors (Lipinski definition) is 4. The van der Waals surface area contributed by atoms with Crippen molar-refractivity contribution in [3.63, 3.8) is 0 Å². The zero-order valence-electron chi connectivity index (χ0n) is 9.72. The van der Waals surface area contributed by atoms with Crippen molar-refractivity contribution in [2.24, 2.45) is 0 Å². The van der Waals surface area contributed by atoms with E-state index in [0.717, 1.165) is 11.3 Å². The summed E-state index contributed by atoms with van der Waals surface area (Å²) in [5.41, 5.74) is 2.29. The minimum Gasteiger partial charge on any atom is -0.478 e. The summed E-state index contributed by atoms with van der Waals surface area (Å²) < 4.78 is 5.34. The highest BCUT2D eigenvalue weighted by molar-refractivity contribution is 6.30. The Kier molecular flexibility index (Phi) is 3.75. The van der Waals surface area contributed by atoms with Gasteiger partial charge >= 0.3 is 0 Å². The second-order valence-electron chi connectivity index (χ2n) is 3.63. The first-order valence-corrected chi connectivity index (χ1v) is 5.67. The fraction of sp³-hybridized carbons (Fsp3) is 0.154. The molecule has 0 spiro atoms. The maximum Gasteiger partial charge on any atom is 0.174 e. The van der Waals surface area contributed by atoms with E-state index in [1.54, 1.807) is 30.6 Å². The predicted molar refractivity (Wildman–Crippen MR) is 68.3 cm³/mol. The summed E-state index contributed by atoms with van der Waals surface area (Å²) in [6.45, 7) is 1.83. The van der Waals surface area contributed by atoms with Crippen molar-refractivity contribution in [1.82, 2.24) is 9.97 Å². The lowest BCUT2D eigenvalue weighted by Crippen LogP contribution is -1.97. The second-order valence-corrected chi connectivity index (χ2v) is 4.07. The highest BCUT2D eigenvalue weighted by Gasteiger charge is 2.09. The van der Waals surface area contributed by atoms with Crippen LogP contribution in [0.25, 0.3) is 11.3 Å². The first kappa shape index (κ1) is 12.3. The minimum atomic E-state index is -0.0351. The number of rotatable bonds is 3. The molecule has 0 radical (unpaired) electrons. The van der Waals surface area contributed by atoms with Gasteiger partial charge in [-0.25, -0.2) is 0 Å². The molecule has 0 fully saturated rings. The molecule has 0 amide bonds. The van der Waals surface area contributed by atoms with Gasteiger partial charge in [0.2, 0.25) is 0 Å². The Morgan fingerprint density at radius 2 is 2.17 bits per heavy atom. The van der Waals surface area contributed by atoms with E-state index in [9.17, 15) is 0 Å². The van der Waals surface area contributed by atoms with Crippen LogP contribution >= 0.6 is 11.6 Å². The summed E-state index contributed by atoms with van der Waals surface area (Å²) >= 11 is 5.91. The summed E-state index contributed by atoms with van der Waals surface area (Å²) in [7, 11) is 0. The summed E-state index contributed by atoms with van der Waals surface area (Å²) in [6.07, 6.45) is 3.34. The molecule has 0 saturated carbocycles. The van der Waals surface area contributed by atoms with E-state index in [0.29, 0.717) is 16.5 Å². The van der Waals surface area contributed by atoms with Crippen LogP contribution in [0.3, 0.4) is 0 Å². The Bertz CT molecular complexity index is 590. The predicted octanol–water partition coefficient (Wildman–Crippen LogP) is 3.01. The molecule has 0 bridgehead atoms. The smallest absolute Gasteiger partial charge is 0.174 e. The van der Waals surface area contributed by atoms with Crippen LogP contribution in [0.4, 0.5) is 0 Å². The quantitative estimate of drug-likeness (QED) is 0.850. The van der Waals surface area contributed by atoms with Gasteiger partial charge in [0.1, 0.15) is 11.8 Å². The molecule has 0 saturated heterocycles. The van der Waals surface area contributed by atoms with Gasteiger partial charge in [0.05, 0.1) is 17.6 Å². The van der Waals surface area contributed by atoms with Crippen molar-refractivity contribution in [3.05, 3.63) is 41.3 Å². The molecule has 0 atom stereocenters. The maximum absolute atomic E-state index is 8.56. The van der Waals surface area contributed by atoms with Crippen molar-refractivity contribution in [3.8, 4) is 23.1 Å². The average molecular weight is 260 g/mol. The average Bonchev–Trinajstić information content (AvgIpc) is 2.38. The van der Waals surface area contributed by atoms with E-state index in [-0.39, 0.29) is 6.61 Å². The number of nitriles is 1. The van der Waals surface area contributed by atoms with E-state index in [1.807, 2.05) is 13.0 Å². The first-order valence-electron chi connectivity index (χ1n) is 5.29. The van der Waals surface area contributed by atoms with Gasteiger partial charge in [0, 0.05) is 16.8 Å². The monoisotopic (exact) mass is 259 g/mol. The van der Waals surface area contributed by atoms with Crippen molar-refractivity contribution < 1.29 is 4.74 Å². The zero-order valence-corrected chi connectivity index (χ0v) is 10.5. The molecule has 4 nitrogen and oxygen atoms in total. The fourth-order valence-electron chi connectivity index (χ4n) is 1.47. The number of aryl methyl sites for hydroxylation is 1. The van der Waals surface area contributed by atoms with Crippen LogP contribution in [0.15, 0.2) is 30.6 Å². The summed E-state index contributed by atoms with van der Waals surface area (Å²) in [5, 5.41) is 9.11. The zero-order chi connectivity index (χ0) is 13.0. The van der Waals surface area contributed by atoms with Gasteiger partial charge in [-0.15, -0.1) is 0 Å². The maximum atomic E-state index is 8.56. The van der Waals surface area contributed by atoms with E-state index < -0.39 is 0 Å². The number of ether oxygens (including phenoxy) is 1. The SMILES string of the molecule is Cc1cnc(-c2ccc(Cl)cc2OCC#N)cn1. The molecule has 0 N–H and O–H groups in total. The largest absolute Gasteiger partial charge is 0.478 e. The molecule has 90 valence electrons. The Morgan fingerprint density at radius 3 is 2.83 bits per heavy atom. The molecular formula is C13H10ClN3O. The van der Waals surface area contributed by atoms with Crippen LogP contribution in [0.2, 0.25) is 5.02 Å². The third-order valence-corrected chi connectivity index (χ3v) is 2.53. The van der Waals surface area contributed by atoms with E-state index in [4.69, 9.17) is 21.6 Å². The number of nitrogens with zero attached hydrogens (tertiary/aromatic N) is 3. The van der Waals surface area contributed by atoms with Gasteiger partial charge in [-0.3, -0.25) is 9.97 Å². The van der Waals surface area contributed by atoms with Gasteiger partial charge in [0.25, 0.3) is 0 Å². The molecule has 1 heterocycles. The Labute approximate surface area is 110 Å². The van der Waals surface area contributed by atoms with Gasteiger partial charge < -0.3 is 4.74 Å². The molecule has 1 aromatic heterocycles. The van der Waals surface area contributed by atoms with Crippen LogP contribution < -0.4 is 4.74 Å². The molecule has 2 rings (SSSR count). The molecule has 0 unspecified atom stereocenters. The number of hydrogen-bond donors (Lipinski definition) is 0. The van der Waals surface area contributed by atoms with Crippen molar-refractivity contribution in [2.45, 2.75) is 6.92 Å². The van der Waals surface area contributed by atoms with Crippen LogP contribution in [0.5, 0.6) is 5.75 Å². The van der Waals surface area contributed by atoms with Gasteiger partial charge in [0.15, 0.2) is 6.61 Å². The molecule has 5 heteroatoms. The number of benzene rings is 1. The van der Waals surface area contributed by atoms with E-state index in [1.165, 1.54) is 0 Å². The van der Waals surface area contributed by atoms with Crippen LogP contribution in [-0.2, 0) is 0 Å². The van der Waals surface area contributed by atoms with Gasteiger partial charge in [-0.05, 0) is 25.1 Å². The normalized spacial score (nSPS) is 9.83. The van der Waals surface area contributed by atoms with Crippen molar-refractivity contribution >= 4 is 11.6 Å². The standard InChI is InChI=1S/C13H10ClN3O/c1-9-7-17-12(8-16-9)11-3-2-10(14)6-13(11)18-5-4-15/h2-3,6-8H,5H2,1H3. The molecule has 1 aromatic carbocycles. The van der Waals surface area contributed by atoms with Crippen LogP contribution in [0, 0.1) is 18.3 Å². The lowest BCUT2D eigenvalue weighted by atomic mass is 10.1. The van der Waals surface area contributed by atoms with E-state index >= 15 is 0 Å². The molecule has 0 aliphatic carbocycles. The highest BCUT2D eigenvalue weighted by atomic mass is 35.5. The fourth-order valence-corrected chi connectivity index (χ4v) is 1.63. The Morgan fingerprint density at radius 1 is 1.33 bits per heavy atom. The number of halogens is 1. The van der Waals surface area contributed by atoms with Gasteiger partial charge in [-0.2, -0.15) is 5.26 Å². The van der Waals surface area contributed by atoms with E-state index in [2.05, 4.69) is 9.97 Å². The van der Waals surface area contributed by atoms with Crippen molar-refractivity contribution in [1.29, 1.82) is 5.26 Å². The lowest BCUT2D eigenvalue weighted by Gasteiger charge is -2.09. The molecule has 0 aliphatic rings. The number of aromatic nitrogens is 2. The minimum absolute atomic E-state index is 0.0351. The van der Waals surface area contributed by atoms with Crippen molar-refractivity contribution in [2.75, 3.05) is 6.61 Å². The molecule has 0 aliphatic heterocycles. The molecule has 18 heavy (non-hydrogen) atoms. The topological polar surface area (TPSA) is 58.8 Å². The summed E-state index contributed by atoms with van der Waals surface area (Å²) in [4.78, 5) is 8.46. The molecule has 2 aromatic rings. The Hall–Kier alpha value is -2.12. The third kappa shape index (κ3) is 2.76. The summed E-state index contributed by atoms with van der Waals surface area (Å²) in [5.74, 6) is 0.530. The summed E-state index contributed by atoms with van der Waals surface area (Å²) in [6, 6.07) is 7.13. The third-order valence-electron chi connectivity index (χ3n) is 2.29. The lowest BCUT2D eigenvalue weighted by molar-refractivity contribution is 0.369. The Balaban J connectivity index is 2.43. The first-order chi connectivity index (χ1) is 8.70. The highest BCUT2D eigenvalue weighted by Crippen LogP contribution is 2.31. The molecular weight excluding hydrogens is 250 g/mol. The van der Waals surface area contributed by atoms with Gasteiger partial charge in [-0.1, -0.05) is 11.6 Å².